The van der Waals surface area contributed by atoms with Crippen molar-refractivity contribution in [3.63, 3.8) is 0 Å². The molecule has 0 atom stereocenters. The van der Waals surface area contributed by atoms with Crippen LogP contribution in [0.1, 0.15) is 12.8 Å². The maximum absolute atomic E-state index is 14.7. The summed E-state index contributed by atoms with van der Waals surface area (Å²) in [4.78, 5) is 14.7. The molecule has 0 spiro atoms. The van der Waals surface area contributed by atoms with Crippen LogP contribution in [0, 0.1) is 5.82 Å². The molecule has 0 amide bonds. The molecule has 1 fully saturated rings. The van der Waals surface area contributed by atoms with E-state index < -0.39 is 0 Å². The number of nitrogens with one attached hydrogen (secondary N) is 2. The molecule has 0 radical (unpaired) electrons. The summed E-state index contributed by atoms with van der Waals surface area (Å²) in [6, 6.07) is 19.0. The van der Waals surface area contributed by atoms with Gasteiger partial charge in [0, 0.05) is 58.6 Å². The first kappa shape index (κ1) is 23.5. The summed E-state index contributed by atoms with van der Waals surface area (Å²) in [5.41, 5.74) is 6.96. The fourth-order valence-electron chi connectivity index (χ4n) is 5.44. The first-order valence-electron chi connectivity index (χ1n) is 13.2. The van der Waals surface area contributed by atoms with Crippen LogP contribution in [0.4, 0.5) is 4.39 Å². The fraction of sp³-hybridized carbons (Fsp3) is 0.194. The number of pyridine rings is 2. The van der Waals surface area contributed by atoms with Gasteiger partial charge in [0.25, 0.3) is 0 Å². The fourth-order valence-corrected chi connectivity index (χ4v) is 5.44. The molecule has 194 valence electrons. The number of rotatable bonds is 7. The Kier molecular flexibility index (Phi) is 6.01. The number of benzene rings is 2. The molecule has 5 heterocycles. The number of likely N-dealkylation sites (tertiary alicyclic amines) is 1. The smallest absolute Gasteiger partial charge is 0.181 e. The van der Waals surface area contributed by atoms with Gasteiger partial charge in [-0.25, -0.2) is 9.37 Å². The molecular formula is C31H27FN6O. The molecule has 39 heavy (non-hydrogen) atoms. The SMILES string of the molecule is Fc1cc(OCCN2CCCC2)cc(-c2cccc3[nH]c(-c4[nH]nc5ncc(-c6cccnc6)cc45)cc23)c1. The molecular weight excluding hydrogens is 491 g/mol. The summed E-state index contributed by atoms with van der Waals surface area (Å²) in [6.07, 6.45) is 7.86. The second-order valence-electron chi connectivity index (χ2n) is 9.96. The minimum atomic E-state index is -0.315. The van der Waals surface area contributed by atoms with Crippen LogP contribution in [-0.2, 0) is 0 Å². The third kappa shape index (κ3) is 4.64. The Balaban J connectivity index is 1.23. The second-order valence-corrected chi connectivity index (χ2v) is 9.96. The van der Waals surface area contributed by atoms with E-state index in [1.165, 1.54) is 18.9 Å². The van der Waals surface area contributed by atoms with E-state index in [1.807, 2.05) is 48.8 Å². The Morgan fingerprint density at radius 1 is 0.897 bits per heavy atom. The maximum atomic E-state index is 14.7. The first-order chi connectivity index (χ1) is 19.2. The lowest BCUT2D eigenvalue weighted by Crippen LogP contribution is -2.25. The Hall–Kier alpha value is -4.56. The highest BCUT2D eigenvalue weighted by Crippen LogP contribution is 2.36. The zero-order valence-electron chi connectivity index (χ0n) is 21.3. The van der Waals surface area contributed by atoms with Gasteiger partial charge in [0.05, 0.1) is 11.4 Å². The molecule has 0 bridgehead atoms. The molecule has 4 aromatic heterocycles. The molecule has 1 aliphatic rings. The van der Waals surface area contributed by atoms with Gasteiger partial charge in [0.1, 0.15) is 18.2 Å². The second kappa shape index (κ2) is 9.96. The molecule has 0 unspecified atom stereocenters. The van der Waals surface area contributed by atoms with Gasteiger partial charge < -0.3 is 9.72 Å². The lowest BCUT2D eigenvalue weighted by molar-refractivity contribution is 0.237. The van der Waals surface area contributed by atoms with Gasteiger partial charge in [-0.2, -0.15) is 5.10 Å². The lowest BCUT2D eigenvalue weighted by Gasteiger charge is -2.15. The van der Waals surface area contributed by atoms with E-state index in [2.05, 4.69) is 42.2 Å². The zero-order chi connectivity index (χ0) is 26.2. The van der Waals surface area contributed by atoms with Gasteiger partial charge in [-0.1, -0.05) is 18.2 Å². The summed E-state index contributed by atoms with van der Waals surface area (Å²) in [5.74, 6) is 0.232. The van der Waals surface area contributed by atoms with Gasteiger partial charge in [0.15, 0.2) is 5.65 Å². The molecule has 7 rings (SSSR count). The third-order valence-electron chi connectivity index (χ3n) is 7.40. The number of hydrogen-bond donors (Lipinski definition) is 2. The van der Waals surface area contributed by atoms with Crippen LogP contribution in [0.3, 0.4) is 0 Å². The van der Waals surface area contributed by atoms with Gasteiger partial charge in [-0.05, 0) is 73.5 Å². The van der Waals surface area contributed by atoms with Crippen molar-refractivity contribution < 1.29 is 9.13 Å². The number of fused-ring (bicyclic) bond motifs is 2. The third-order valence-corrected chi connectivity index (χ3v) is 7.40. The van der Waals surface area contributed by atoms with Crippen molar-refractivity contribution in [2.24, 2.45) is 0 Å². The van der Waals surface area contributed by atoms with Crippen molar-refractivity contribution in [1.29, 1.82) is 0 Å². The Bertz CT molecular complexity index is 1770. The molecule has 1 aliphatic heterocycles. The topological polar surface area (TPSA) is 82.7 Å². The van der Waals surface area contributed by atoms with Gasteiger partial charge >= 0.3 is 0 Å². The summed E-state index contributed by atoms with van der Waals surface area (Å²) < 4.78 is 20.7. The molecule has 6 aromatic rings. The minimum absolute atomic E-state index is 0.315. The van der Waals surface area contributed by atoms with Gasteiger partial charge in [-0.3, -0.25) is 15.0 Å². The normalized spacial score (nSPS) is 14.0. The Labute approximate surface area is 224 Å². The molecule has 1 saturated heterocycles. The van der Waals surface area contributed by atoms with Crippen molar-refractivity contribution in [1.82, 2.24) is 30.0 Å². The molecule has 0 aliphatic carbocycles. The summed E-state index contributed by atoms with van der Waals surface area (Å²) in [5, 5.41) is 9.46. The van der Waals surface area contributed by atoms with Crippen LogP contribution in [0.5, 0.6) is 5.75 Å². The summed E-state index contributed by atoms with van der Waals surface area (Å²) in [6.45, 7) is 3.63. The number of H-pyrrole nitrogens is 2. The van der Waals surface area contributed by atoms with Crippen LogP contribution < -0.4 is 4.74 Å². The first-order valence-corrected chi connectivity index (χ1v) is 13.2. The standard InChI is InChI=1S/C31H27FN6O/c32-23-13-21(14-24(16-23)39-12-11-38-9-1-2-10-38)25-6-3-7-28-26(25)17-29(35-28)30-27-15-22(19-34-31(27)37-36-30)20-5-4-8-33-18-20/h3-8,13-19,35H,1-2,9-12H2,(H,34,36,37). The summed E-state index contributed by atoms with van der Waals surface area (Å²) in [7, 11) is 0. The van der Waals surface area contributed by atoms with E-state index in [9.17, 15) is 4.39 Å². The molecule has 7 nitrogen and oxygen atoms in total. The van der Waals surface area contributed by atoms with E-state index in [1.54, 1.807) is 12.3 Å². The van der Waals surface area contributed by atoms with Crippen molar-refractivity contribution in [3.05, 3.63) is 85.1 Å². The number of aromatic amines is 2. The quantitative estimate of drug-likeness (QED) is 0.254. The predicted octanol–water partition coefficient (Wildman–Crippen LogP) is 6.45. The molecule has 2 N–H and O–H groups in total. The molecule has 8 heteroatoms. The average Bonchev–Trinajstić information content (AvgIpc) is 3.72. The van der Waals surface area contributed by atoms with E-state index in [0.717, 1.165) is 69.6 Å². The number of halogens is 1. The highest BCUT2D eigenvalue weighted by molar-refractivity contribution is 6.01. The van der Waals surface area contributed by atoms with Crippen LogP contribution in [-0.4, -0.2) is 56.3 Å². The van der Waals surface area contributed by atoms with Crippen LogP contribution in [0.25, 0.3) is 55.6 Å². The van der Waals surface area contributed by atoms with Crippen molar-refractivity contribution in [2.45, 2.75) is 12.8 Å². The van der Waals surface area contributed by atoms with Crippen LogP contribution in [0.2, 0.25) is 0 Å². The van der Waals surface area contributed by atoms with E-state index in [0.29, 0.717) is 18.0 Å². The number of aromatic nitrogens is 5. The number of hydrogen-bond acceptors (Lipinski definition) is 5. The monoisotopic (exact) mass is 518 g/mol. The van der Waals surface area contributed by atoms with Gasteiger partial charge in [0.2, 0.25) is 0 Å². The summed E-state index contributed by atoms with van der Waals surface area (Å²) >= 11 is 0. The van der Waals surface area contributed by atoms with Crippen LogP contribution >= 0.6 is 0 Å². The minimum Gasteiger partial charge on any atom is -0.492 e. The highest BCUT2D eigenvalue weighted by Gasteiger charge is 2.16. The van der Waals surface area contributed by atoms with Crippen molar-refractivity contribution >= 4 is 21.9 Å². The van der Waals surface area contributed by atoms with Crippen molar-refractivity contribution in [2.75, 3.05) is 26.2 Å². The Morgan fingerprint density at radius 2 is 1.82 bits per heavy atom. The number of nitrogens with zero attached hydrogens (tertiary/aromatic N) is 4. The largest absolute Gasteiger partial charge is 0.492 e. The highest BCUT2D eigenvalue weighted by atomic mass is 19.1. The van der Waals surface area contributed by atoms with Crippen LogP contribution in [0.15, 0.2) is 79.3 Å². The maximum Gasteiger partial charge on any atom is 0.181 e. The van der Waals surface area contributed by atoms with Gasteiger partial charge in [-0.15, -0.1) is 0 Å². The van der Waals surface area contributed by atoms with E-state index >= 15 is 0 Å². The van der Waals surface area contributed by atoms with Crippen molar-refractivity contribution in [3.8, 4) is 39.4 Å². The van der Waals surface area contributed by atoms with E-state index in [-0.39, 0.29) is 5.82 Å². The number of ether oxygens (including phenoxy) is 1. The Morgan fingerprint density at radius 3 is 2.69 bits per heavy atom. The lowest BCUT2D eigenvalue weighted by atomic mass is 10.0. The zero-order valence-corrected chi connectivity index (χ0v) is 21.3. The molecule has 0 saturated carbocycles. The van der Waals surface area contributed by atoms with E-state index in [4.69, 9.17) is 4.74 Å². The average molecular weight is 519 g/mol. The molecule has 2 aromatic carbocycles. The predicted molar refractivity (Wildman–Crippen MR) is 151 cm³/mol.